The predicted octanol–water partition coefficient (Wildman–Crippen LogP) is 5.29. The topological polar surface area (TPSA) is 59.4 Å². The highest BCUT2D eigenvalue weighted by atomic mass is 35.5. The summed E-state index contributed by atoms with van der Waals surface area (Å²) in [6.07, 6.45) is 0.186. The molecule has 0 aliphatic heterocycles. The van der Waals surface area contributed by atoms with Gasteiger partial charge in [0.15, 0.2) is 0 Å². The zero-order chi connectivity index (χ0) is 18.8. The quantitative estimate of drug-likeness (QED) is 0.378. The van der Waals surface area contributed by atoms with Gasteiger partial charge in [-0.05, 0) is 59.7 Å². The summed E-state index contributed by atoms with van der Waals surface area (Å²) < 4.78 is 5.18. The van der Waals surface area contributed by atoms with Gasteiger partial charge in [-0.3, -0.25) is 4.79 Å². The van der Waals surface area contributed by atoms with E-state index in [1.165, 1.54) is 0 Å². The van der Waals surface area contributed by atoms with Gasteiger partial charge in [0, 0.05) is 10.9 Å². The van der Waals surface area contributed by atoms with Gasteiger partial charge in [0.25, 0.3) is 0 Å². The van der Waals surface area contributed by atoms with Crippen LogP contribution < -0.4 is 0 Å². The maximum Gasteiger partial charge on any atom is 0.310 e. The molecule has 0 amide bonds. The van der Waals surface area contributed by atoms with Crippen LogP contribution in [-0.2, 0) is 16.0 Å². The van der Waals surface area contributed by atoms with Gasteiger partial charge in [-0.25, -0.2) is 4.98 Å². The summed E-state index contributed by atoms with van der Waals surface area (Å²) >= 11 is 0. The first-order valence-electron chi connectivity index (χ1n) is 8.92. The second-order valence-electron chi connectivity index (χ2n) is 6.38. The van der Waals surface area contributed by atoms with Crippen molar-refractivity contribution in [2.45, 2.75) is 13.3 Å². The Morgan fingerprint density at radius 1 is 1.04 bits per heavy atom. The Balaban J connectivity index is 0.00000225. The van der Waals surface area contributed by atoms with Gasteiger partial charge in [0.05, 0.1) is 24.2 Å². The van der Waals surface area contributed by atoms with Crippen LogP contribution in [0.2, 0.25) is 0 Å². The van der Waals surface area contributed by atoms with Crippen LogP contribution in [-0.4, -0.2) is 22.7 Å². The molecule has 0 fully saturated rings. The van der Waals surface area contributed by atoms with Crippen molar-refractivity contribution in [3.05, 3.63) is 72.3 Å². The number of carbonyl (C=O) groups is 1. The number of ether oxygens (including phenoxy) is 1. The molecule has 28 heavy (non-hydrogen) atoms. The zero-order valence-electron chi connectivity index (χ0n) is 15.4. The maximum absolute atomic E-state index is 12.2. The van der Waals surface area contributed by atoms with Crippen molar-refractivity contribution in [2.75, 3.05) is 6.61 Å². The average molecular weight is 394 g/mol. The molecule has 0 bridgehead atoms. The van der Waals surface area contributed by atoms with Crippen LogP contribution in [0.5, 0.6) is 5.75 Å². The smallest absolute Gasteiger partial charge is 0.310 e. The summed E-state index contributed by atoms with van der Waals surface area (Å²) in [5.41, 5.74) is 3.36. The van der Waals surface area contributed by atoms with E-state index in [2.05, 4.69) is 6.07 Å². The van der Waals surface area contributed by atoms with Gasteiger partial charge in [-0.2, -0.15) is 0 Å². The van der Waals surface area contributed by atoms with Crippen LogP contribution in [0.15, 0.2) is 66.7 Å². The minimum atomic E-state index is -0.255. The largest absolute Gasteiger partial charge is 0.508 e. The molecule has 0 spiro atoms. The number of esters is 1. The minimum absolute atomic E-state index is 0. The monoisotopic (exact) mass is 393 g/mol. The number of halogens is 1. The van der Waals surface area contributed by atoms with Gasteiger partial charge in [0.2, 0.25) is 0 Å². The zero-order valence-corrected chi connectivity index (χ0v) is 16.2. The summed E-state index contributed by atoms with van der Waals surface area (Å²) in [5, 5.41) is 12.7. The van der Waals surface area contributed by atoms with Crippen LogP contribution in [0.3, 0.4) is 0 Å². The number of rotatable bonds is 4. The lowest BCUT2D eigenvalue weighted by atomic mass is 9.97. The fourth-order valence-corrected chi connectivity index (χ4v) is 3.38. The number of hydrogen-bond acceptors (Lipinski definition) is 4. The number of hydrogen-bond donors (Lipinski definition) is 1. The molecule has 4 rings (SSSR count). The van der Waals surface area contributed by atoms with Crippen LogP contribution in [0.4, 0.5) is 0 Å². The fraction of sp³-hybridized carbons (Fsp3) is 0.130. The summed E-state index contributed by atoms with van der Waals surface area (Å²) in [6, 6.07) is 21.0. The first-order valence-corrected chi connectivity index (χ1v) is 8.92. The SMILES string of the molecule is CCOC(=O)Cc1cc(-c2ccc(O)cc2)nc2ccc3ccccc3c12.Cl. The van der Waals surface area contributed by atoms with Crippen molar-refractivity contribution in [3.63, 3.8) is 0 Å². The van der Waals surface area contributed by atoms with E-state index in [0.717, 1.165) is 38.5 Å². The van der Waals surface area contributed by atoms with Gasteiger partial charge in [-0.1, -0.05) is 30.3 Å². The van der Waals surface area contributed by atoms with Crippen LogP contribution in [0.25, 0.3) is 32.9 Å². The molecule has 1 N–H and O–H groups in total. The lowest BCUT2D eigenvalue weighted by Crippen LogP contribution is -2.08. The first kappa shape index (κ1) is 19.6. The van der Waals surface area contributed by atoms with E-state index >= 15 is 0 Å². The predicted molar refractivity (Wildman–Crippen MR) is 114 cm³/mol. The highest BCUT2D eigenvalue weighted by Gasteiger charge is 2.14. The van der Waals surface area contributed by atoms with Crippen molar-refractivity contribution < 1.29 is 14.6 Å². The number of fused-ring (bicyclic) bond motifs is 3. The van der Waals surface area contributed by atoms with E-state index in [1.54, 1.807) is 19.1 Å². The number of phenolic OH excluding ortho intramolecular Hbond substituents is 1. The van der Waals surface area contributed by atoms with E-state index in [4.69, 9.17) is 9.72 Å². The second kappa shape index (κ2) is 8.28. The average Bonchev–Trinajstić information content (AvgIpc) is 2.68. The van der Waals surface area contributed by atoms with E-state index in [-0.39, 0.29) is 30.5 Å². The minimum Gasteiger partial charge on any atom is -0.508 e. The molecule has 142 valence electrons. The van der Waals surface area contributed by atoms with Crippen LogP contribution >= 0.6 is 12.4 Å². The van der Waals surface area contributed by atoms with Gasteiger partial charge in [0.1, 0.15) is 5.75 Å². The molecule has 0 saturated carbocycles. The van der Waals surface area contributed by atoms with Gasteiger partial charge < -0.3 is 9.84 Å². The standard InChI is InChI=1S/C23H19NO3.ClH/c1-2-27-22(26)14-17-13-21(16-7-10-18(25)11-8-16)24-20-12-9-15-5-3-4-6-19(15)23(17)20;/h3-13,25H,2,14H2,1H3;1H. The summed E-state index contributed by atoms with van der Waals surface area (Å²) in [6.45, 7) is 2.16. The first-order chi connectivity index (χ1) is 13.2. The highest BCUT2D eigenvalue weighted by molar-refractivity contribution is 6.09. The number of aromatic nitrogens is 1. The van der Waals surface area contributed by atoms with Crippen molar-refractivity contribution in [3.8, 4) is 17.0 Å². The number of benzene rings is 3. The van der Waals surface area contributed by atoms with E-state index < -0.39 is 0 Å². The van der Waals surface area contributed by atoms with E-state index in [9.17, 15) is 9.90 Å². The summed E-state index contributed by atoms with van der Waals surface area (Å²) in [5.74, 6) is -0.0492. The lowest BCUT2D eigenvalue weighted by Gasteiger charge is -2.12. The molecular weight excluding hydrogens is 374 g/mol. The van der Waals surface area contributed by atoms with Crippen molar-refractivity contribution in [2.24, 2.45) is 0 Å². The third kappa shape index (κ3) is 3.78. The van der Waals surface area contributed by atoms with Crippen LogP contribution in [0, 0.1) is 0 Å². The number of pyridine rings is 1. The third-order valence-electron chi connectivity index (χ3n) is 4.58. The fourth-order valence-electron chi connectivity index (χ4n) is 3.38. The summed E-state index contributed by atoms with van der Waals surface area (Å²) in [7, 11) is 0. The molecule has 4 aromatic rings. The van der Waals surface area contributed by atoms with E-state index in [0.29, 0.717) is 6.61 Å². The molecule has 0 aliphatic rings. The molecule has 5 heteroatoms. The lowest BCUT2D eigenvalue weighted by molar-refractivity contribution is -0.142. The normalized spacial score (nSPS) is 10.6. The molecule has 0 unspecified atom stereocenters. The molecule has 1 aromatic heterocycles. The van der Waals surface area contributed by atoms with Gasteiger partial charge >= 0.3 is 5.97 Å². The third-order valence-corrected chi connectivity index (χ3v) is 4.58. The molecular formula is C23H20ClNO3. The number of carbonyl (C=O) groups excluding carboxylic acids is 1. The molecule has 0 aliphatic carbocycles. The van der Waals surface area contributed by atoms with E-state index in [1.807, 2.05) is 48.5 Å². The van der Waals surface area contributed by atoms with Crippen molar-refractivity contribution >= 4 is 40.1 Å². The Morgan fingerprint density at radius 2 is 1.79 bits per heavy atom. The molecule has 4 nitrogen and oxygen atoms in total. The molecule has 0 atom stereocenters. The number of nitrogens with zero attached hydrogens (tertiary/aromatic N) is 1. The van der Waals surface area contributed by atoms with Crippen LogP contribution in [0.1, 0.15) is 12.5 Å². The Hall–Kier alpha value is -3.11. The Morgan fingerprint density at radius 3 is 2.54 bits per heavy atom. The highest BCUT2D eigenvalue weighted by Crippen LogP contribution is 2.31. The maximum atomic E-state index is 12.2. The number of phenols is 1. The molecule has 0 radical (unpaired) electrons. The second-order valence-corrected chi connectivity index (χ2v) is 6.38. The van der Waals surface area contributed by atoms with Crippen molar-refractivity contribution in [1.29, 1.82) is 0 Å². The Kier molecular flexibility index (Phi) is 5.81. The molecule has 3 aromatic carbocycles. The Bertz CT molecular complexity index is 1140. The number of aromatic hydroxyl groups is 1. The van der Waals surface area contributed by atoms with Gasteiger partial charge in [-0.15, -0.1) is 12.4 Å². The molecule has 0 saturated heterocycles. The summed E-state index contributed by atoms with van der Waals surface area (Å²) in [4.78, 5) is 17.0. The Labute approximate surface area is 169 Å². The van der Waals surface area contributed by atoms with Crippen molar-refractivity contribution in [1.82, 2.24) is 4.98 Å². The molecule has 1 heterocycles.